The minimum absolute atomic E-state index is 0.911. The van der Waals surface area contributed by atoms with Gasteiger partial charge < -0.3 is 9.97 Å². The van der Waals surface area contributed by atoms with Gasteiger partial charge in [-0.05, 0) is 19.1 Å². The number of imidazole rings is 1. The van der Waals surface area contributed by atoms with Gasteiger partial charge in [0.05, 0.1) is 29.4 Å². The van der Waals surface area contributed by atoms with Crippen LogP contribution in [0, 0.1) is 6.92 Å². The average Bonchev–Trinajstić information content (AvgIpc) is 3.05. The summed E-state index contributed by atoms with van der Waals surface area (Å²) in [6, 6.07) is 10.4. The van der Waals surface area contributed by atoms with Gasteiger partial charge in [-0.15, -0.1) is 0 Å². The number of H-pyrrole nitrogens is 2. The molecular weight excluding hydrogens is 236 g/mol. The van der Waals surface area contributed by atoms with Gasteiger partial charge >= 0.3 is 0 Å². The first-order valence-corrected chi connectivity index (χ1v) is 6.20. The third-order valence-corrected chi connectivity index (χ3v) is 3.44. The molecule has 0 amide bonds. The van der Waals surface area contributed by atoms with Crippen molar-refractivity contribution in [3.05, 3.63) is 48.5 Å². The Morgan fingerprint density at radius 3 is 2.84 bits per heavy atom. The number of benzene rings is 1. The summed E-state index contributed by atoms with van der Waals surface area (Å²) in [6.07, 6.45) is 3.46. The Kier molecular flexibility index (Phi) is 2.00. The molecule has 4 nitrogen and oxygen atoms in total. The zero-order valence-corrected chi connectivity index (χ0v) is 10.4. The van der Waals surface area contributed by atoms with E-state index in [0.29, 0.717) is 0 Å². The maximum absolute atomic E-state index is 4.67. The number of aromatic amines is 2. The number of para-hydroxylation sites is 1. The van der Waals surface area contributed by atoms with E-state index in [1.807, 2.05) is 13.0 Å². The molecule has 3 aromatic heterocycles. The number of fused-ring (bicyclic) bond motifs is 3. The third kappa shape index (κ3) is 1.46. The number of nitrogens with one attached hydrogen (secondary N) is 2. The Bertz CT molecular complexity index is 872. The van der Waals surface area contributed by atoms with E-state index in [9.17, 15) is 0 Å². The summed E-state index contributed by atoms with van der Waals surface area (Å²) in [5.74, 6) is 0. The molecule has 0 bridgehead atoms. The fraction of sp³-hybridized carbons (Fsp3) is 0.0667. The summed E-state index contributed by atoms with van der Waals surface area (Å²) in [5, 5.41) is 2.41. The second-order valence-corrected chi connectivity index (χ2v) is 4.65. The van der Waals surface area contributed by atoms with Crippen molar-refractivity contribution < 1.29 is 0 Å². The molecule has 0 atom stereocenters. The van der Waals surface area contributed by atoms with Gasteiger partial charge in [-0.1, -0.05) is 18.2 Å². The van der Waals surface area contributed by atoms with Crippen molar-refractivity contribution in [3.63, 3.8) is 0 Å². The van der Waals surface area contributed by atoms with Crippen LogP contribution in [0.25, 0.3) is 33.2 Å². The smallest absolute Gasteiger partial charge is 0.0924 e. The number of nitrogens with zero attached hydrogens (tertiary/aromatic N) is 2. The minimum Gasteiger partial charge on any atom is -0.354 e. The molecule has 3 heterocycles. The molecule has 4 heteroatoms. The highest BCUT2D eigenvalue weighted by Gasteiger charge is 2.10. The standard InChI is InChI=1S/C15H12N4/c1-9-15-10-4-2-3-5-11(10)19-13(15)6-12(18-9)14-7-16-8-17-14/h2-8,19H,1H3,(H,16,17). The van der Waals surface area contributed by atoms with Crippen LogP contribution in [0.5, 0.6) is 0 Å². The number of hydrogen-bond donors (Lipinski definition) is 2. The lowest BCUT2D eigenvalue weighted by Gasteiger charge is -2.01. The zero-order valence-electron chi connectivity index (χ0n) is 10.4. The number of aryl methyl sites for hydroxylation is 1. The molecule has 0 radical (unpaired) electrons. The van der Waals surface area contributed by atoms with Crippen LogP contribution in [0.1, 0.15) is 5.69 Å². The van der Waals surface area contributed by atoms with Gasteiger partial charge in [0.1, 0.15) is 0 Å². The van der Waals surface area contributed by atoms with Gasteiger partial charge in [0, 0.05) is 22.0 Å². The maximum Gasteiger partial charge on any atom is 0.0924 e. The van der Waals surface area contributed by atoms with Crippen molar-refractivity contribution in [1.82, 2.24) is 19.9 Å². The van der Waals surface area contributed by atoms with Crippen LogP contribution in [-0.2, 0) is 0 Å². The number of hydrogen-bond acceptors (Lipinski definition) is 2. The molecule has 1 aromatic carbocycles. The monoisotopic (exact) mass is 248 g/mol. The first-order chi connectivity index (χ1) is 9.33. The van der Waals surface area contributed by atoms with Crippen LogP contribution in [-0.4, -0.2) is 19.9 Å². The van der Waals surface area contributed by atoms with E-state index < -0.39 is 0 Å². The van der Waals surface area contributed by atoms with Crippen molar-refractivity contribution in [3.8, 4) is 11.4 Å². The molecule has 0 aliphatic carbocycles. The van der Waals surface area contributed by atoms with Crippen molar-refractivity contribution in [2.45, 2.75) is 6.92 Å². The summed E-state index contributed by atoms with van der Waals surface area (Å²) in [6.45, 7) is 2.04. The molecule has 19 heavy (non-hydrogen) atoms. The molecule has 0 saturated carbocycles. The van der Waals surface area contributed by atoms with Crippen LogP contribution in [0.3, 0.4) is 0 Å². The molecule has 0 fully saturated rings. The predicted molar refractivity (Wildman–Crippen MR) is 75.9 cm³/mol. The van der Waals surface area contributed by atoms with E-state index in [0.717, 1.165) is 28.1 Å². The highest BCUT2D eigenvalue weighted by molar-refractivity contribution is 6.08. The second kappa shape index (κ2) is 3.68. The summed E-state index contributed by atoms with van der Waals surface area (Å²) in [7, 11) is 0. The van der Waals surface area contributed by atoms with Crippen LogP contribution >= 0.6 is 0 Å². The summed E-state index contributed by atoms with van der Waals surface area (Å²) in [5.41, 5.74) is 5.12. The Morgan fingerprint density at radius 1 is 1.11 bits per heavy atom. The normalized spacial score (nSPS) is 11.4. The van der Waals surface area contributed by atoms with E-state index >= 15 is 0 Å². The SMILES string of the molecule is Cc1nc(-c2cnc[nH]2)cc2[nH]c3ccccc3c12. The number of rotatable bonds is 1. The van der Waals surface area contributed by atoms with E-state index in [1.165, 1.54) is 10.8 Å². The van der Waals surface area contributed by atoms with Crippen LogP contribution in [0.15, 0.2) is 42.9 Å². The largest absolute Gasteiger partial charge is 0.354 e. The van der Waals surface area contributed by atoms with Crippen molar-refractivity contribution in [1.29, 1.82) is 0 Å². The summed E-state index contributed by atoms with van der Waals surface area (Å²) in [4.78, 5) is 15.3. The molecule has 0 spiro atoms. The third-order valence-electron chi connectivity index (χ3n) is 3.44. The first-order valence-electron chi connectivity index (χ1n) is 6.20. The lowest BCUT2D eigenvalue weighted by Crippen LogP contribution is -1.88. The zero-order chi connectivity index (χ0) is 12.8. The average molecular weight is 248 g/mol. The van der Waals surface area contributed by atoms with Gasteiger partial charge in [0.2, 0.25) is 0 Å². The van der Waals surface area contributed by atoms with Gasteiger partial charge in [-0.2, -0.15) is 0 Å². The van der Waals surface area contributed by atoms with Crippen molar-refractivity contribution >= 4 is 21.8 Å². The minimum atomic E-state index is 0.911. The molecule has 0 aliphatic heterocycles. The molecule has 4 aromatic rings. The maximum atomic E-state index is 4.67. The van der Waals surface area contributed by atoms with E-state index in [4.69, 9.17) is 0 Å². The molecule has 0 unspecified atom stereocenters. The Labute approximate surface area is 109 Å². The molecule has 0 aliphatic rings. The second-order valence-electron chi connectivity index (χ2n) is 4.65. The Hall–Kier alpha value is -2.62. The molecule has 2 N–H and O–H groups in total. The predicted octanol–water partition coefficient (Wildman–Crippen LogP) is 3.41. The van der Waals surface area contributed by atoms with Gasteiger partial charge in [-0.25, -0.2) is 4.98 Å². The molecular formula is C15H12N4. The number of aromatic nitrogens is 4. The van der Waals surface area contributed by atoms with Crippen LogP contribution < -0.4 is 0 Å². The van der Waals surface area contributed by atoms with E-state index in [2.05, 4.69) is 44.2 Å². The number of pyridine rings is 1. The lowest BCUT2D eigenvalue weighted by molar-refractivity contribution is 1.22. The summed E-state index contributed by atoms with van der Waals surface area (Å²) < 4.78 is 0. The van der Waals surface area contributed by atoms with Gasteiger partial charge in [0.15, 0.2) is 0 Å². The van der Waals surface area contributed by atoms with Gasteiger partial charge in [-0.3, -0.25) is 4.98 Å². The highest BCUT2D eigenvalue weighted by atomic mass is 14.9. The Balaban J connectivity index is 2.10. The first kappa shape index (κ1) is 10.3. The molecule has 0 saturated heterocycles. The Morgan fingerprint density at radius 2 is 2.00 bits per heavy atom. The van der Waals surface area contributed by atoms with E-state index in [1.54, 1.807) is 12.5 Å². The van der Waals surface area contributed by atoms with Gasteiger partial charge in [0.25, 0.3) is 0 Å². The quantitative estimate of drug-likeness (QED) is 0.542. The topological polar surface area (TPSA) is 57.4 Å². The molecule has 4 rings (SSSR count). The summed E-state index contributed by atoms with van der Waals surface area (Å²) >= 11 is 0. The molecule has 92 valence electrons. The lowest BCUT2D eigenvalue weighted by atomic mass is 10.1. The highest BCUT2D eigenvalue weighted by Crippen LogP contribution is 2.29. The van der Waals surface area contributed by atoms with Crippen molar-refractivity contribution in [2.75, 3.05) is 0 Å². The van der Waals surface area contributed by atoms with Crippen molar-refractivity contribution in [2.24, 2.45) is 0 Å². The van der Waals surface area contributed by atoms with Crippen LogP contribution in [0.2, 0.25) is 0 Å². The van der Waals surface area contributed by atoms with E-state index in [-0.39, 0.29) is 0 Å². The fourth-order valence-corrected chi connectivity index (χ4v) is 2.60. The fourth-order valence-electron chi connectivity index (χ4n) is 2.60. The van der Waals surface area contributed by atoms with Crippen LogP contribution in [0.4, 0.5) is 0 Å².